The first-order valence-electron chi connectivity index (χ1n) is 9.53. The first kappa shape index (κ1) is 20.5. The van der Waals surface area contributed by atoms with Crippen LogP contribution in [0.1, 0.15) is 38.7 Å². The Morgan fingerprint density at radius 2 is 1.93 bits per heavy atom. The number of rotatable bonds is 6. The number of thioether (sulfide) groups is 1. The molecule has 1 saturated heterocycles. The predicted molar refractivity (Wildman–Crippen MR) is 109 cm³/mol. The Bertz CT molecular complexity index is 801. The van der Waals surface area contributed by atoms with Gasteiger partial charge in [-0.05, 0) is 49.3 Å². The fourth-order valence-corrected chi connectivity index (χ4v) is 4.90. The number of benzene rings is 1. The first-order chi connectivity index (χ1) is 13.4. The van der Waals surface area contributed by atoms with Crippen molar-refractivity contribution in [1.29, 1.82) is 0 Å². The summed E-state index contributed by atoms with van der Waals surface area (Å²) in [6.45, 7) is 3.97. The molecule has 6 nitrogen and oxygen atoms in total. The van der Waals surface area contributed by atoms with Crippen molar-refractivity contribution >= 4 is 23.6 Å². The van der Waals surface area contributed by atoms with Crippen molar-refractivity contribution in [2.45, 2.75) is 50.8 Å². The van der Waals surface area contributed by atoms with E-state index in [4.69, 9.17) is 0 Å². The van der Waals surface area contributed by atoms with Crippen LogP contribution in [0.5, 0.6) is 5.75 Å². The van der Waals surface area contributed by atoms with Gasteiger partial charge < -0.3 is 5.11 Å². The first-order valence-corrected chi connectivity index (χ1v) is 10.4. The smallest absolute Gasteiger partial charge is 0.266 e. The zero-order valence-electron chi connectivity index (χ0n) is 16.1. The average molecular weight is 403 g/mol. The molecule has 1 aromatic carbocycles. The zero-order chi connectivity index (χ0) is 20.3. The molecule has 1 unspecified atom stereocenters. The van der Waals surface area contributed by atoms with Gasteiger partial charge in [0.2, 0.25) is 5.91 Å². The third-order valence-electron chi connectivity index (χ3n) is 4.90. The topological polar surface area (TPSA) is 89.9 Å². The van der Waals surface area contributed by atoms with Gasteiger partial charge in [0.15, 0.2) is 0 Å². The molecule has 1 aliphatic carbocycles. The van der Waals surface area contributed by atoms with Crippen LogP contribution in [0.25, 0.3) is 0 Å². The van der Waals surface area contributed by atoms with Crippen LogP contribution in [0.2, 0.25) is 0 Å². The lowest BCUT2D eigenvalue weighted by Gasteiger charge is -2.41. The van der Waals surface area contributed by atoms with Gasteiger partial charge >= 0.3 is 0 Å². The van der Waals surface area contributed by atoms with Crippen LogP contribution in [0.4, 0.5) is 0 Å². The standard InChI is InChI=1S/C21H26N2O4S/c1-13(2)11-17(20(25)22-27)23-16-5-3-4-6-18(16)28-19(21(23)26)12-14-7-9-15(24)10-8-14/h5-10,13,17,19,24,27H,3-4,11-12H2,1-2H3,(H,22,25)/t17-,19?/m0/s1. The lowest BCUT2D eigenvalue weighted by molar-refractivity contribution is -0.142. The van der Waals surface area contributed by atoms with Gasteiger partial charge in [-0.25, -0.2) is 5.48 Å². The van der Waals surface area contributed by atoms with Crippen molar-refractivity contribution in [3.05, 3.63) is 52.6 Å². The Balaban J connectivity index is 1.94. The van der Waals surface area contributed by atoms with Gasteiger partial charge in [0, 0.05) is 4.91 Å². The molecule has 1 fully saturated rings. The number of hydroxylamine groups is 1. The van der Waals surface area contributed by atoms with Gasteiger partial charge in [0.05, 0.1) is 10.9 Å². The quantitative estimate of drug-likeness (QED) is 0.501. The minimum atomic E-state index is -0.756. The number of allylic oxidation sites excluding steroid dienone is 2. The molecule has 2 aliphatic rings. The monoisotopic (exact) mass is 402 g/mol. The average Bonchev–Trinajstić information content (AvgIpc) is 2.68. The van der Waals surface area contributed by atoms with Crippen LogP contribution in [0.3, 0.4) is 0 Å². The van der Waals surface area contributed by atoms with E-state index in [1.807, 2.05) is 19.9 Å². The molecule has 1 aliphatic heterocycles. The van der Waals surface area contributed by atoms with E-state index in [2.05, 4.69) is 6.08 Å². The Kier molecular flexibility index (Phi) is 6.46. The Labute approximate surface area is 169 Å². The molecule has 2 atom stereocenters. The molecule has 0 spiro atoms. The van der Waals surface area contributed by atoms with E-state index in [1.54, 1.807) is 34.6 Å². The number of phenolic OH excluding ortho intramolecular Hbond substituents is 1. The molecule has 3 rings (SSSR count). The summed E-state index contributed by atoms with van der Waals surface area (Å²) in [5.74, 6) is -0.331. The van der Waals surface area contributed by atoms with E-state index in [9.17, 15) is 19.9 Å². The van der Waals surface area contributed by atoms with Crippen LogP contribution in [-0.4, -0.2) is 38.3 Å². The SMILES string of the molecule is CC(C)C[C@@H](C(=O)NO)N1C(=O)C(Cc2ccc(O)cc2)SC2=CCCC=C21. The van der Waals surface area contributed by atoms with Crippen LogP contribution in [0.15, 0.2) is 47.0 Å². The Morgan fingerprint density at radius 3 is 2.57 bits per heavy atom. The van der Waals surface area contributed by atoms with Crippen molar-refractivity contribution in [3.63, 3.8) is 0 Å². The van der Waals surface area contributed by atoms with E-state index in [1.165, 1.54) is 11.8 Å². The lowest BCUT2D eigenvalue weighted by Crippen LogP contribution is -2.54. The number of carbonyl (C=O) groups is 2. The second-order valence-corrected chi connectivity index (χ2v) is 8.79. The molecule has 28 heavy (non-hydrogen) atoms. The zero-order valence-corrected chi connectivity index (χ0v) is 16.9. The maximum Gasteiger partial charge on any atom is 0.266 e. The number of fused-ring (bicyclic) bond motifs is 1. The number of phenols is 1. The highest BCUT2D eigenvalue weighted by Crippen LogP contribution is 2.42. The van der Waals surface area contributed by atoms with Gasteiger partial charge in [0.25, 0.3) is 5.91 Å². The van der Waals surface area contributed by atoms with Gasteiger partial charge in [-0.2, -0.15) is 0 Å². The second-order valence-electron chi connectivity index (χ2n) is 7.54. The fraction of sp³-hybridized carbons (Fsp3) is 0.429. The van der Waals surface area contributed by atoms with E-state index >= 15 is 0 Å². The molecule has 0 saturated carbocycles. The molecule has 1 aromatic rings. The van der Waals surface area contributed by atoms with E-state index < -0.39 is 11.9 Å². The third kappa shape index (κ3) is 4.42. The maximum atomic E-state index is 13.4. The summed E-state index contributed by atoms with van der Waals surface area (Å²) >= 11 is 1.53. The van der Waals surface area contributed by atoms with Crippen molar-refractivity contribution < 1.29 is 19.9 Å². The fourth-order valence-electron chi connectivity index (χ4n) is 3.59. The summed E-state index contributed by atoms with van der Waals surface area (Å²) in [7, 11) is 0. The van der Waals surface area contributed by atoms with Crippen LogP contribution in [0, 0.1) is 5.92 Å². The molecule has 3 N–H and O–H groups in total. The number of amides is 2. The predicted octanol–water partition coefficient (Wildman–Crippen LogP) is 3.36. The van der Waals surface area contributed by atoms with Crippen molar-refractivity contribution in [3.8, 4) is 5.75 Å². The highest BCUT2D eigenvalue weighted by atomic mass is 32.2. The van der Waals surface area contributed by atoms with Crippen LogP contribution >= 0.6 is 11.8 Å². The molecule has 2 amide bonds. The molecule has 1 heterocycles. The van der Waals surface area contributed by atoms with Crippen LogP contribution < -0.4 is 5.48 Å². The molecule has 0 radical (unpaired) electrons. The minimum absolute atomic E-state index is 0.127. The summed E-state index contributed by atoms with van der Waals surface area (Å²) in [4.78, 5) is 28.4. The molecule has 150 valence electrons. The number of hydrogen-bond donors (Lipinski definition) is 3. The van der Waals surface area contributed by atoms with Gasteiger partial charge in [-0.15, -0.1) is 11.8 Å². The highest BCUT2D eigenvalue weighted by Gasteiger charge is 2.42. The van der Waals surface area contributed by atoms with Gasteiger partial charge in [-0.1, -0.05) is 38.1 Å². The Hall–Kier alpha value is -2.25. The van der Waals surface area contributed by atoms with E-state index in [0.717, 1.165) is 29.0 Å². The van der Waals surface area contributed by atoms with E-state index in [-0.39, 0.29) is 22.8 Å². The van der Waals surface area contributed by atoms with Crippen molar-refractivity contribution in [1.82, 2.24) is 10.4 Å². The van der Waals surface area contributed by atoms with Crippen molar-refractivity contribution in [2.75, 3.05) is 0 Å². The normalized spacial score (nSPS) is 20.4. The maximum absolute atomic E-state index is 13.4. The van der Waals surface area contributed by atoms with E-state index in [0.29, 0.717) is 12.8 Å². The van der Waals surface area contributed by atoms with Crippen molar-refractivity contribution in [2.24, 2.45) is 5.92 Å². The summed E-state index contributed by atoms with van der Waals surface area (Å²) in [5.41, 5.74) is 3.46. The Morgan fingerprint density at radius 1 is 1.25 bits per heavy atom. The van der Waals surface area contributed by atoms with Gasteiger partial charge in [0.1, 0.15) is 11.8 Å². The number of carbonyl (C=O) groups excluding carboxylic acids is 2. The van der Waals surface area contributed by atoms with Crippen LogP contribution in [-0.2, 0) is 16.0 Å². The largest absolute Gasteiger partial charge is 0.508 e. The summed E-state index contributed by atoms with van der Waals surface area (Å²) < 4.78 is 0. The summed E-state index contributed by atoms with van der Waals surface area (Å²) in [5, 5.41) is 18.4. The molecular formula is C21H26N2O4S. The highest BCUT2D eigenvalue weighted by molar-refractivity contribution is 8.04. The molecule has 0 aromatic heterocycles. The summed E-state index contributed by atoms with van der Waals surface area (Å²) in [6, 6.07) is 6.07. The number of nitrogens with one attached hydrogen (secondary N) is 1. The van der Waals surface area contributed by atoms with Gasteiger partial charge in [-0.3, -0.25) is 19.7 Å². The lowest BCUT2D eigenvalue weighted by atomic mass is 9.98. The molecule has 0 bridgehead atoms. The molecule has 7 heteroatoms. The minimum Gasteiger partial charge on any atom is -0.508 e. The number of hydrogen-bond acceptors (Lipinski definition) is 5. The molecular weight excluding hydrogens is 376 g/mol. The number of nitrogens with zero attached hydrogens (tertiary/aromatic N) is 1. The third-order valence-corrected chi connectivity index (χ3v) is 6.19. The second kappa shape index (κ2) is 8.84. The number of aromatic hydroxyl groups is 1. The summed E-state index contributed by atoms with van der Waals surface area (Å²) in [6.07, 6.45) is 6.81.